The van der Waals surface area contributed by atoms with Gasteiger partial charge in [0.2, 0.25) is 0 Å². The van der Waals surface area contributed by atoms with Crippen molar-refractivity contribution in [1.29, 1.82) is 0 Å². The topological polar surface area (TPSA) is 99.2 Å². The zero-order valence-electron chi connectivity index (χ0n) is 14.7. The zero-order valence-corrected chi connectivity index (χ0v) is 15.6. The first-order valence-corrected chi connectivity index (χ1v) is 9.22. The molecule has 0 saturated heterocycles. The molecule has 0 saturated carbocycles. The molecular formula is C17H16N8OS. The zero-order chi connectivity index (χ0) is 18.5. The Balaban J connectivity index is 1.60. The van der Waals surface area contributed by atoms with Crippen LogP contribution in [0.4, 0.5) is 0 Å². The molecule has 0 spiro atoms. The summed E-state index contributed by atoms with van der Waals surface area (Å²) in [6.07, 6.45) is 6.01. The molecule has 5 heterocycles. The molecule has 0 fully saturated rings. The Morgan fingerprint density at radius 1 is 1.26 bits per heavy atom. The Labute approximate surface area is 156 Å². The van der Waals surface area contributed by atoms with Crippen LogP contribution >= 0.6 is 11.3 Å². The number of nitrogens with zero attached hydrogens (tertiary/aromatic N) is 7. The van der Waals surface area contributed by atoms with Gasteiger partial charge < -0.3 is 4.57 Å². The van der Waals surface area contributed by atoms with Crippen LogP contribution in [0.25, 0.3) is 21.3 Å². The van der Waals surface area contributed by atoms with Gasteiger partial charge in [-0.3, -0.25) is 14.6 Å². The van der Waals surface area contributed by atoms with E-state index in [4.69, 9.17) is 4.98 Å². The van der Waals surface area contributed by atoms with Crippen LogP contribution in [0.5, 0.6) is 0 Å². The summed E-state index contributed by atoms with van der Waals surface area (Å²) >= 11 is 1.58. The number of hydrogen-bond donors (Lipinski definition) is 1. The van der Waals surface area contributed by atoms with Crippen molar-refractivity contribution in [2.45, 2.75) is 13.0 Å². The van der Waals surface area contributed by atoms with Crippen LogP contribution in [0.1, 0.15) is 16.4 Å². The van der Waals surface area contributed by atoms with Crippen LogP contribution in [0, 0.1) is 0 Å². The minimum Gasteiger partial charge on any atom is -0.323 e. The third-order valence-electron chi connectivity index (χ3n) is 4.55. The van der Waals surface area contributed by atoms with E-state index >= 15 is 0 Å². The van der Waals surface area contributed by atoms with Crippen LogP contribution in [-0.4, -0.2) is 39.3 Å². The molecule has 0 atom stereocenters. The Morgan fingerprint density at radius 2 is 2.15 bits per heavy atom. The first kappa shape index (κ1) is 15.9. The van der Waals surface area contributed by atoms with Crippen molar-refractivity contribution in [2.24, 2.45) is 14.1 Å². The lowest BCUT2D eigenvalue weighted by molar-refractivity contribution is 0.619. The van der Waals surface area contributed by atoms with Crippen molar-refractivity contribution in [2.75, 3.05) is 0 Å². The molecular weight excluding hydrogens is 364 g/mol. The van der Waals surface area contributed by atoms with Gasteiger partial charge in [0.25, 0.3) is 5.56 Å². The van der Waals surface area contributed by atoms with Gasteiger partial charge in [0.05, 0.1) is 23.1 Å². The Kier molecular flexibility index (Phi) is 3.47. The van der Waals surface area contributed by atoms with Crippen LogP contribution in [0.15, 0.2) is 35.5 Å². The van der Waals surface area contributed by atoms with Gasteiger partial charge in [-0.25, -0.2) is 9.67 Å². The van der Waals surface area contributed by atoms with Crippen molar-refractivity contribution in [3.05, 3.63) is 57.5 Å². The van der Waals surface area contributed by atoms with Crippen LogP contribution in [0.2, 0.25) is 0 Å². The number of rotatable bonds is 4. The lowest BCUT2D eigenvalue weighted by atomic mass is 10.3. The highest BCUT2D eigenvalue weighted by atomic mass is 32.1. The fraction of sp³-hybridized carbons (Fsp3) is 0.235. The van der Waals surface area contributed by atoms with Gasteiger partial charge in [-0.15, -0.1) is 11.3 Å². The summed E-state index contributed by atoms with van der Waals surface area (Å²) in [6.45, 7) is 0.340. The molecule has 0 unspecified atom stereocenters. The molecule has 9 nitrogen and oxygen atoms in total. The summed E-state index contributed by atoms with van der Waals surface area (Å²) in [5, 5.41) is 17.4. The molecule has 0 aliphatic carbocycles. The number of nitrogens with one attached hydrogen (secondary N) is 1. The minimum absolute atomic E-state index is 0.138. The Hall–Kier alpha value is -3.27. The third-order valence-corrected chi connectivity index (χ3v) is 5.63. The van der Waals surface area contributed by atoms with Crippen molar-refractivity contribution in [3.63, 3.8) is 0 Å². The Bertz CT molecular complexity index is 1320. The molecule has 5 aromatic heterocycles. The minimum atomic E-state index is -0.138. The molecule has 0 aromatic carbocycles. The highest BCUT2D eigenvalue weighted by Gasteiger charge is 2.18. The van der Waals surface area contributed by atoms with Gasteiger partial charge in [0.15, 0.2) is 5.65 Å². The van der Waals surface area contributed by atoms with Crippen LogP contribution in [0.3, 0.4) is 0 Å². The van der Waals surface area contributed by atoms with E-state index in [1.807, 2.05) is 37.0 Å². The maximum atomic E-state index is 13.0. The predicted octanol–water partition coefficient (Wildman–Crippen LogP) is 1.44. The quantitative estimate of drug-likeness (QED) is 0.509. The van der Waals surface area contributed by atoms with Gasteiger partial charge in [0, 0.05) is 44.0 Å². The summed E-state index contributed by atoms with van der Waals surface area (Å²) in [6, 6.07) is 3.81. The van der Waals surface area contributed by atoms with Gasteiger partial charge in [-0.2, -0.15) is 15.3 Å². The molecule has 5 aromatic rings. The van der Waals surface area contributed by atoms with E-state index in [2.05, 4.69) is 20.4 Å². The van der Waals surface area contributed by atoms with E-state index in [9.17, 15) is 4.79 Å². The molecule has 0 amide bonds. The molecule has 10 heteroatoms. The second-order valence-electron chi connectivity index (χ2n) is 6.43. The number of fused-ring (bicyclic) bond motifs is 3. The van der Waals surface area contributed by atoms with Gasteiger partial charge in [-0.1, -0.05) is 0 Å². The second kappa shape index (κ2) is 5.88. The summed E-state index contributed by atoms with van der Waals surface area (Å²) in [7, 11) is 3.72. The van der Waals surface area contributed by atoms with E-state index < -0.39 is 0 Å². The number of aromatic nitrogens is 8. The molecule has 0 aliphatic rings. The number of thiazole rings is 1. The van der Waals surface area contributed by atoms with E-state index in [1.54, 1.807) is 28.4 Å². The molecule has 0 aliphatic heterocycles. The number of aromatic amines is 1. The number of hydrogen-bond acceptors (Lipinski definition) is 6. The van der Waals surface area contributed by atoms with Crippen LogP contribution in [-0.2, 0) is 27.1 Å². The van der Waals surface area contributed by atoms with Crippen molar-refractivity contribution in [1.82, 2.24) is 39.3 Å². The molecule has 1 N–H and O–H groups in total. The van der Waals surface area contributed by atoms with Gasteiger partial charge >= 0.3 is 0 Å². The van der Waals surface area contributed by atoms with E-state index in [1.165, 1.54) is 4.68 Å². The highest BCUT2D eigenvalue weighted by molar-refractivity contribution is 7.19. The summed E-state index contributed by atoms with van der Waals surface area (Å²) in [5.41, 5.74) is 3.08. The highest BCUT2D eigenvalue weighted by Crippen LogP contribution is 2.31. The average molecular weight is 380 g/mol. The molecule has 27 heavy (non-hydrogen) atoms. The largest absolute Gasteiger partial charge is 0.323 e. The molecule has 0 bridgehead atoms. The standard InChI is InChI=1S/C17H16N8OS/c1-23-6-4-11(22-23)9-25-17(26)14-12(8-19-25)15-16(24(14)2)20-13(27-15)7-10-3-5-18-21-10/h3-6,8H,7,9H2,1-2H3,(H,18,21). The molecule has 136 valence electrons. The maximum Gasteiger partial charge on any atom is 0.291 e. The maximum absolute atomic E-state index is 13.0. The second-order valence-corrected chi connectivity index (χ2v) is 7.51. The monoisotopic (exact) mass is 380 g/mol. The molecule has 0 radical (unpaired) electrons. The van der Waals surface area contributed by atoms with Gasteiger partial charge in [-0.05, 0) is 12.1 Å². The fourth-order valence-corrected chi connectivity index (χ4v) is 4.40. The SMILES string of the molecule is Cn1ccc(Cn2ncc3c4sc(Cc5ccn[nH]5)nc4n(C)c3c2=O)n1. The number of aryl methyl sites for hydroxylation is 2. The van der Waals surface area contributed by atoms with Crippen molar-refractivity contribution in [3.8, 4) is 0 Å². The van der Waals surface area contributed by atoms with Crippen LogP contribution < -0.4 is 5.56 Å². The average Bonchev–Trinajstić information content (AvgIpc) is 3.40. The Morgan fingerprint density at radius 3 is 2.89 bits per heavy atom. The van der Waals surface area contributed by atoms with E-state index in [0.29, 0.717) is 18.5 Å². The summed E-state index contributed by atoms with van der Waals surface area (Å²) < 4.78 is 6.00. The first-order valence-electron chi connectivity index (χ1n) is 8.41. The van der Waals surface area contributed by atoms with E-state index in [-0.39, 0.29) is 5.56 Å². The first-order chi connectivity index (χ1) is 13.1. The fourth-order valence-electron chi connectivity index (χ4n) is 3.27. The smallest absolute Gasteiger partial charge is 0.291 e. The third kappa shape index (κ3) is 2.56. The van der Waals surface area contributed by atoms with E-state index in [0.717, 1.165) is 32.1 Å². The normalized spacial score (nSPS) is 11.8. The van der Waals surface area contributed by atoms with Crippen molar-refractivity contribution >= 4 is 32.6 Å². The van der Waals surface area contributed by atoms with Gasteiger partial charge in [0.1, 0.15) is 10.5 Å². The lowest BCUT2D eigenvalue weighted by Crippen LogP contribution is -2.24. The summed E-state index contributed by atoms with van der Waals surface area (Å²) in [4.78, 5) is 17.7. The lowest BCUT2D eigenvalue weighted by Gasteiger charge is -2.03. The number of H-pyrrole nitrogens is 1. The summed E-state index contributed by atoms with van der Waals surface area (Å²) in [5.74, 6) is 0. The predicted molar refractivity (Wildman–Crippen MR) is 102 cm³/mol. The molecule has 5 rings (SSSR count). The van der Waals surface area contributed by atoms with Crippen molar-refractivity contribution < 1.29 is 0 Å².